The van der Waals surface area contributed by atoms with Gasteiger partial charge in [-0.2, -0.15) is 0 Å². The highest BCUT2D eigenvalue weighted by atomic mass is 35.5. The third-order valence-electron chi connectivity index (χ3n) is 4.11. The van der Waals surface area contributed by atoms with Gasteiger partial charge in [-0.3, -0.25) is 0 Å². The first-order chi connectivity index (χ1) is 10.4. The number of hydrogen-bond acceptors (Lipinski definition) is 1. The maximum Gasteiger partial charge on any atom is 0.0573 e. The summed E-state index contributed by atoms with van der Waals surface area (Å²) < 4.78 is 0. The minimum Gasteiger partial charge on any atom is -1.00 e. The van der Waals surface area contributed by atoms with Gasteiger partial charge in [0.05, 0.1) is 5.41 Å². The van der Waals surface area contributed by atoms with E-state index in [1.54, 1.807) is 0 Å². The molecule has 112 valence electrons. The predicted octanol–water partition coefficient (Wildman–Crippen LogP) is 0.984. The molecule has 0 aromatic heterocycles. The summed E-state index contributed by atoms with van der Waals surface area (Å²) >= 11 is 0. The van der Waals surface area contributed by atoms with E-state index in [1.165, 1.54) is 16.7 Å². The smallest absolute Gasteiger partial charge is 0.0573 e. The van der Waals surface area contributed by atoms with Crippen LogP contribution in [0.2, 0.25) is 0 Å². The Morgan fingerprint density at radius 2 is 0.818 bits per heavy atom. The zero-order valence-electron chi connectivity index (χ0n) is 12.3. The molecule has 1 nitrogen and oxygen atoms in total. The van der Waals surface area contributed by atoms with E-state index in [-0.39, 0.29) is 17.8 Å². The summed E-state index contributed by atoms with van der Waals surface area (Å²) in [6.07, 6.45) is 0. The monoisotopic (exact) mass is 308 g/mol. The fourth-order valence-electron chi connectivity index (χ4n) is 3.02. The largest absolute Gasteiger partial charge is 1.00 e. The predicted molar refractivity (Wildman–Crippen MR) is 88.3 cm³/mol. The molecule has 0 saturated heterocycles. The average Bonchev–Trinajstić information content (AvgIpc) is 2.59. The number of benzene rings is 3. The van der Waals surface area contributed by atoms with Gasteiger partial charge in [0.25, 0.3) is 0 Å². The quantitative estimate of drug-likeness (QED) is 0.715. The van der Waals surface area contributed by atoms with Crippen molar-refractivity contribution in [3.63, 3.8) is 0 Å². The summed E-state index contributed by atoms with van der Waals surface area (Å²) in [5.74, 6) is 0. The summed E-state index contributed by atoms with van der Waals surface area (Å²) in [4.78, 5) is 0. The molecule has 0 spiro atoms. The van der Waals surface area contributed by atoms with Crippen molar-refractivity contribution in [1.29, 1.82) is 0 Å². The molecule has 0 aliphatic carbocycles. The van der Waals surface area contributed by atoms with E-state index < -0.39 is 0 Å². The Hall–Kier alpha value is -2.09. The van der Waals surface area contributed by atoms with E-state index in [0.29, 0.717) is 6.54 Å². The molecular weight excluding hydrogens is 290 g/mol. The van der Waals surface area contributed by atoms with Crippen LogP contribution in [0.15, 0.2) is 91.0 Å². The highest BCUT2D eigenvalue weighted by molar-refractivity contribution is 5.50. The third-order valence-corrected chi connectivity index (χ3v) is 4.11. The summed E-state index contributed by atoms with van der Waals surface area (Å²) in [6.45, 7) is 0.533. The molecule has 0 aliphatic rings. The SMILES string of the molecule is NCC(c1ccccc1)(c1ccccc1)c1ccccc1.[Cl-]. The van der Waals surface area contributed by atoms with Crippen LogP contribution < -0.4 is 18.1 Å². The highest BCUT2D eigenvalue weighted by Crippen LogP contribution is 2.37. The van der Waals surface area contributed by atoms with Crippen LogP contribution in [0, 0.1) is 0 Å². The molecule has 0 bridgehead atoms. The molecule has 22 heavy (non-hydrogen) atoms. The first kappa shape index (κ1) is 16.3. The second-order valence-electron chi connectivity index (χ2n) is 5.21. The van der Waals surface area contributed by atoms with Gasteiger partial charge >= 0.3 is 0 Å². The van der Waals surface area contributed by atoms with Crippen molar-refractivity contribution in [2.24, 2.45) is 5.73 Å². The van der Waals surface area contributed by atoms with E-state index >= 15 is 0 Å². The molecule has 0 aliphatic heterocycles. The lowest BCUT2D eigenvalue weighted by Gasteiger charge is -2.34. The molecule has 0 atom stereocenters. The second kappa shape index (κ2) is 7.26. The molecule has 0 unspecified atom stereocenters. The Bertz CT molecular complexity index is 584. The molecule has 0 fully saturated rings. The van der Waals surface area contributed by atoms with Gasteiger partial charge in [-0.1, -0.05) is 91.0 Å². The molecule has 0 heterocycles. The van der Waals surface area contributed by atoms with E-state index in [0.717, 1.165) is 0 Å². The van der Waals surface area contributed by atoms with E-state index in [2.05, 4.69) is 72.8 Å². The minimum atomic E-state index is -0.302. The van der Waals surface area contributed by atoms with Gasteiger partial charge in [0, 0.05) is 6.54 Å². The maximum atomic E-state index is 6.30. The van der Waals surface area contributed by atoms with Gasteiger partial charge in [0.1, 0.15) is 0 Å². The van der Waals surface area contributed by atoms with Crippen LogP contribution in [0.25, 0.3) is 0 Å². The number of nitrogens with two attached hydrogens (primary N) is 1. The molecule has 3 aromatic carbocycles. The van der Waals surface area contributed by atoms with Gasteiger partial charge in [-0.15, -0.1) is 0 Å². The fourth-order valence-corrected chi connectivity index (χ4v) is 3.02. The van der Waals surface area contributed by atoms with Gasteiger partial charge in [-0.05, 0) is 16.7 Å². The van der Waals surface area contributed by atoms with Crippen LogP contribution in [-0.2, 0) is 5.41 Å². The minimum absolute atomic E-state index is 0. The normalized spacial score (nSPS) is 10.8. The molecule has 0 saturated carbocycles. The van der Waals surface area contributed by atoms with Crippen molar-refractivity contribution in [2.45, 2.75) is 5.41 Å². The third kappa shape index (κ3) is 2.78. The van der Waals surface area contributed by atoms with Crippen molar-refractivity contribution in [1.82, 2.24) is 0 Å². The molecule has 0 amide bonds. The standard InChI is InChI=1S/C20H19N.ClH/c21-16-20(17-10-4-1-5-11-17,18-12-6-2-7-13-18)19-14-8-3-9-15-19;/h1-15H,16,21H2;1H/p-1. The Labute approximate surface area is 138 Å². The van der Waals surface area contributed by atoms with Crippen LogP contribution >= 0.6 is 0 Å². The summed E-state index contributed by atoms with van der Waals surface area (Å²) in [7, 11) is 0. The zero-order chi connectivity index (χ0) is 14.5. The average molecular weight is 309 g/mol. The Kier molecular flexibility index (Phi) is 5.37. The van der Waals surface area contributed by atoms with Gasteiger partial charge in [-0.25, -0.2) is 0 Å². The first-order valence-electron chi connectivity index (χ1n) is 7.24. The van der Waals surface area contributed by atoms with Crippen LogP contribution in [0.1, 0.15) is 16.7 Å². The van der Waals surface area contributed by atoms with Gasteiger partial charge in [0.2, 0.25) is 0 Å². The zero-order valence-corrected chi connectivity index (χ0v) is 13.1. The number of halogens is 1. The van der Waals surface area contributed by atoms with Gasteiger partial charge in [0.15, 0.2) is 0 Å². The molecule has 0 radical (unpaired) electrons. The molecule has 2 N–H and O–H groups in total. The van der Waals surface area contributed by atoms with Crippen molar-refractivity contribution in [3.05, 3.63) is 108 Å². The molecule has 3 rings (SSSR count). The van der Waals surface area contributed by atoms with Gasteiger partial charge < -0.3 is 18.1 Å². The Balaban J connectivity index is 0.00000176. The topological polar surface area (TPSA) is 26.0 Å². The van der Waals surface area contributed by atoms with E-state index in [9.17, 15) is 0 Å². The summed E-state index contributed by atoms with van der Waals surface area (Å²) in [6, 6.07) is 31.5. The molecule has 2 heteroatoms. The lowest BCUT2D eigenvalue weighted by Crippen LogP contribution is -3.00. The Morgan fingerprint density at radius 1 is 0.545 bits per heavy atom. The Morgan fingerprint density at radius 3 is 1.05 bits per heavy atom. The van der Waals surface area contributed by atoms with Crippen LogP contribution in [-0.4, -0.2) is 6.54 Å². The fraction of sp³-hybridized carbons (Fsp3) is 0.100. The maximum absolute atomic E-state index is 6.30. The van der Waals surface area contributed by atoms with Crippen molar-refractivity contribution in [3.8, 4) is 0 Å². The first-order valence-corrected chi connectivity index (χ1v) is 7.24. The van der Waals surface area contributed by atoms with Crippen molar-refractivity contribution >= 4 is 0 Å². The number of rotatable bonds is 4. The molecule has 3 aromatic rings. The highest BCUT2D eigenvalue weighted by Gasteiger charge is 2.34. The lowest BCUT2D eigenvalue weighted by molar-refractivity contribution is -0.00000419. The van der Waals surface area contributed by atoms with E-state index in [1.807, 2.05) is 18.2 Å². The van der Waals surface area contributed by atoms with Crippen LogP contribution in [0.4, 0.5) is 0 Å². The van der Waals surface area contributed by atoms with Crippen molar-refractivity contribution < 1.29 is 12.4 Å². The van der Waals surface area contributed by atoms with Crippen LogP contribution in [0.5, 0.6) is 0 Å². The van der Waals surface area contributed by atoms with Crippen molar-refractivity contribution in [2.75, 3.05) is 6.54 Å². The second-order valence-corrected chi connectivity index (χ2v) is 5.21. The molecular formula is C20H19ClN-. The lowest BCUT2D eigenvalue weighted by atomic mass is 9.69. The van der Waals surface area contributed by atoms with E-state index in [4.69, 9.17) is 5.73 Å². The van der Waals surface area contributed by atoms with Crippen LogP contribution in [0.3, 0.4) is 0 Å². The number of hydrogen-bond donors (Lipinski definition) is 1. The summed E-state index contributed by atoms with van der Waals surface area (Å²) in [5.41, 5.74) is 9.68. The summed E-state index contributed by atoms with van der Waals surface area (Å²) in [5, 5.41) is 0.